The second-order valence-electron chi connectivity index (χ2n) is 8.82. The maximum atomic E-state index is 12.3. The number of likely N-dealkylation sites (tertiary alicyclic amines) is 1. The molecule has 0 unspecified atom stereocenters. The van der Waals surface area contributed by atoms with Crippen LogP contribution in [0.1, 0.15) is 30.4 Å². The number of thiocarbonyl (C=S) groups is 1. The molecule has 1 amide bonds. The second kappa shape index (κ2) is 11.9. The van der Waals surface area contributed by atoms with Gasteiger partial charge in [0.25, 0.3) is 0 Å². The van der Waals surface area contributed by atoms with Gasteiger partial charge in [-0.3, -0.25) is 0 Å². The Labute approximate surface area is 216 Å². The van der Waals surface area contributed by atoms with Crippen molar-refractivity contribution < 1.29 is 23.8 Å². The molecule has 0 bridgehead atoms. The Balaban J connectivity index is 1.17. The van der Waals surface area contributed by atoms with Gasteiger partial charge in [-0.2, -0.15) is 0 Å². The molecule has 2 aromatic carbocycles. The number of methoxy groups -OCH3 is 2. The molecule has 9 nitrogen and oxygen atoms in total. The minimum Gasteiger partial charge on any atom is -0.493 e. The van der Waals surface area contributed by atoms with Crippen LogP contribution < -0.4 is 20.1 Å². The van der Waals surface area contributed by atoms with Crippen molar-refractivity contribution in [1.82, 2.24) is 15.5 Å². The Hall–Kier alpha value is -3.53. The number of nitrogens with one attached hydrogen (secondary N) is 2. The Kier molecular flexibility index (Phi) is 8.48. The minimum absolute atomic E-state index is 0.280. The van der Waals surface area contributed by atoms with E-state index in [-0.39, 0.29) is 12.4 Å². The van der Waals surface area contributed by atoms with E-state index in [9.17, 15) is 4.79 Å². The second-order valence-corrected chi connectivity index (χ2v) is 9.21. The monoisotopic (exact) mass is 512 g/mol. The minimum atomic E-state index is -0.578. The largest absolute Gasteiger partial charge is 0.493 e. The average molecular weight is 513 g/mol. The maximum absolute atomic E-state index is 12.3. The fourth-order valence-corrected chi connectivity index (χ4v) is 4.59. The quantitative estimate of drug-likeness (QED) is 0.544. The van der Waals surface area contributed by atoms with Crippen molar-refractivity contribution in [2.24, 2.45) is 5.16 Å². The lowest BCUT2D eigenvalue weighted by atomic mass is 9.88. The van der Waals surface area contributed by atoms with Gasteiger partial charge in [-0.15, -0.1) is 0 Å². The van der Waals surface area contributed by atoms with Gasteiger partial charge in [0.15, 0.2) is 16.6 Å². The van der Waals surface area contributed by atoms with Crippen LogP contribution in [0.3, 0.4) is 0 Å². The lowest BCUT2D eigenvalue weighted by Gasteiger charge is -2.38. The highest BCUT2D eigenvalue weighted by atomic mass is 32.1. The summed E-state index contributed by atoms with van der Waals surface area (Å²) in [7, 11) is 3.14. The highest BCUT2D eigenvalue weighted by molar-refractivity contribution is 7.80. The number of nitrogens with zero attached hydrogens (tertiary/aromatic N) is 2. The molecule has 2 aliphatic heterocycles. The Bertz CT molecular complexity index is 1090. The van der Waals surface area contributed by atoms with Crippen molar-refractivity contribution in [3.05, 3.63) is 59.7 Å². The molecule has 0 saturated carbocycles. The molecule has 1 fully saturated rings. The van der Waals surface area contributed by atoms with Crippen molar-refractivity contribution in [3.63, 3.8) is 0 Å². The van der Waals surface area contributed by atoms with Crippen LogP contribution >= 0.6 is 12.2 Å². The topological polar surface area (TPSA) is 93.7 Å². The number of piperidine rings is 1. The Morgan fingerprint density at radius 2 is 1.81 bits per heavy atom. The van der Waals surface area contributed by atoms with Crippen LogP contribution in [0.4, 0.5) is 4.79 Å². The van der Waals surface area contributed by atoms with Crippen molar-refractivity contribution in [2.75, 3.05) is 33.9 Å². The van der Waals surface area contributed by atoms with E-state index in [2.05, 4.69) is 32.8 Å². The predicted molar refractivity (Wildman–Crippen MR) is 140 cm³/mol. The third-order valence-corrected chi connectivity index (χ3v) is 6.81. The summed E-state index contributed by atoms with van der Waals surface area (Å²) in [5, 5.41) is 10.9. The summed E-state index contributed by atoms with van der Waals surface area (Å²) in [6.07, 6.45) is 2.29. The van der Waals surface area contributed by atoms with Gasteiger partial charge in [0.1, 0.15) is 5.60 Å². The van der Waals surface area contributed by atoms with Crippen molar-refractivity contribution in [1.29, 1.82) is 0 Å². The Morgan fingerprint density at radius 1 is 1.06 bits per heavy atom. The number of hydrogen-bond acceptors (Lipinski definition) is 7. The fraction of sp³-hybridized carbons (Fsp3) is 0.423. The molecule has 2 aromatic rings. The molecule has 1 spiro atoms. The predicted octanol–water partition coefficient (Wildman–Crippen LogP) is 3.62. The molecule has 2 aliphatic rings. The van der Waals surface area contributed by atoms with E-state index < -0.39 is 11.7 Å². The summed E-state index contributed by atoms with van der Waals surface area (Å²) < 4.78 is 15.9. The lowest BCUT2D eigenvalue weighted by Crippen LogP contribution is -2.50. The first-order valence-electron chi connectivity index (χ1n) is 12.0. The molecule has 0 radical (unpaired) electrons. The zero-order valence-electron chi connectivity index (χ0n) is 20.6. The molecule has 192 valence electrons. The molecule has 2 heterocycles. The number of amides is 1. The zero-order chi connectivity index (χ0) is 25.4. The molecule has 10 heteroatoms. The molecular formula is C26H32N4O5S. The number of benzene rings is 2. The lowest BCUT2D eigenvalue weighted by molar-refractivity contribution is -0.0524. The van der Waals surface area contributed by atoms with Gasteiger partial charge < -0.3 is 34.6 Å². The van der Waals surface area contributed by atoms with Gasteiger partial charge in [0.2, 0.25) is 5.90 Å². The van der Waals surface area contributed by atoms with E-state index in [0.717, 1.165) is 49.6 Å². The van der Waals surface area contributed by atoms with E-state index in [1.807, 2.05) is 24.3 Å². The first kappa shape index (κ1) is 25.6. The molecule has 36 heavy (non-hydrogen) atoms. The number of hydrogen-bond donors (Lipinski definition) is 2. The highest BCUT2D eigenvalue weighted by Gasteiger charge is 2.43. The summed E-state index contributed by atoms with van der Waals surface area (Å²) in [6.45, 7) is 2.58. The van der Waals surface area contributed by atoms with Crippen LogP contribution in [0.5, 0.6) is 11.5 Å². The number of alkyl carbamates (subject to hydrolysis) is 1. The van der Waals surface area contributed by atoms with Crippen molar-refractivity contribution in [3.8, 4) is 11.5 Å². The summed E-state index contributed by atoms with van der Waals surface area (Å²) in [6, 6.07) is 15.8. The van der Waals surface area contributed by atoms with E-state index >= 15 is 0 Å². The van der Waals surface area contributed by atoms with Gasteiger partial charge in [-0.25, -0.2) is 4.79 Å². The molecule has 0 aliphatic carbocycles. The SMILES string of the molecule is COc1ccc(CNC(=O)OC2=NOC3(CCN(C(=S)NCCc4ccccc4)CC3)C2)cc1OC. The molecule has 1 saturated heterocycles. The third-order valence-electron chi connectivity index (χ3n) is 6.40. The number of oxime groups is 1. The smallest absolute Gasteiger partial charge is 0.414 e. The van der Waals surface area contributed by atoms with Crippen molar-refractivity contribution in [2.45, 2.75) is 37.8 Å². The Morgan fingerprint density at radius 3 is 2.53 bits per heavy atom. The molecular weight excluding hydrogens is 480 g/mol. The summed E-state index contributed by atoms with van der Waals surface area (Å²) in [5.41, 5.74) is 1.68. The third kappa shape index (κ3) is 6.57. The molecule has 0 aromatic heterocycles. The van der Waals surface area contributed by atoms with Crippen LogP contribution in [0, 0.1) is 0 Å². The van der Waals surface area contributed by atoms with E-state index in [1.165, 1.54) is 5.56 Å². The van der Waals surface area contributed by atoms with Crippen LogP contribution in [0.25, 0.3) is 0 Å². The van der Waals surface area contributed by atoms with Crippen LogP contribution in [-0.4, -0.2) is 61.5 Å². The van der Waals surface area contributed by atoms with Crippen molar-refractivity contribution >= 4 is 29.3 Å². The van der Waals surface area contributed by atoms with E-state index in [1.54, 1.807) is 26.4 Å². The van der Waals surface area contributed by atoms with Crippen LogP contribution in [-0.2, 0) is 22.5 Å². The summed E-state index contributed by atoms with van der Waals surface area (Å²) in [5.74, 6) is 1.51. The maximum Gasteiger partial charge on any atom is 0.414 e. The normalized spacial score (nSPS) is 16.1. The van der Waals surface area contributed by atoms with Gasteiger partial charge >= 0.3 is 6.09 Å². The molecule has 4 rings (SSSR count). The first-order valence-corrected chi connectivity index (χ1v) is 12.4. The fourth-order valence-electron chi connectivity index (χ4n) is 4.31. The number of carbonyl (C=O) groups is 1. The van der Waals surface area contributed by atoms with E-state index in [0.29, 0.717) is 17.9 Å². The summed E-state index contributed by atoms with van der Waals surface area (Å²) >= 11 is 5.58. The first-order chi connectivity index (χ1) is 17.5. The van der Waals surface area contributed by atoms with Gasteiger partial charge in [0.05, 0.1) is 20.6 Å². The molecule has 0 atom stereocenters. The standard InChI is InChI=1S/C26H32N4O5S/c1-32-21-9-8-20(16-22(21)33-2)18-28-25(31)34-23-17-26(35-29-23)11-14-30(15-12-26)24(36)27-13-10-19-6-4-3-5-7-19/h3-9,16H,10-15,17-18H2,1-2H3,(H,27,36)(H,28,31). The van der Waals surface area contributed by atoms with Gasteiger partial charge in [-0.05, 0) is 41.9 Å². The molecule has 2 N–H and O–H groups in total. The zero-order valence-corrected chi connectivity index (χ0v) is 21.4. The van der Waals surface area contributed by atoms with Crippen LogP contribution in [0.2, 0.25) is 0 Å². The summed E-state index contributed by atoms with van der Waals surface area (Å²) in [4.78, 5) is 20.2. The highest BCUT2D eigenvalue weighted by Crippen LogP contribution is 2.35. The van der Waals surface area contributed by atoms with Gasteiger partial charge in [0, 0.05) is 39.0 Å². The number of carbonyl (C=O) groups excluding carboxylic acids is 1. The van der Waals surface area contributed by atoms with E-state index in [4.69, 9.17) is 31.3 Å². The number of ether oxygens (including phenoxy) is 3. The average Bonchev–Trinajstić information content (AvgIpc) is 3.29. The van der Waals surface area contributed by atoms with Gasteiger partial charge in [-0.1, -0.05) is 41.6 Å². The number of rotatable bonds is 7. The van der Waals surface area contributed by atoms with Crippen LogP contribution in [0.15, 0.2) is 53.7 Å².